The van der Waals surface area contributed by atoms with Crippen molar-refractivity contribution in [3.63, 3.8) is 0 Å². The summed E-state index contributed by atoms with van der Waals surface area (Å²) >= 11 is 0. The van der Waals surface area contributed by atoms with Crippen LogP contribution >= 0.6 is 0 Å². The molecule has 0 spiro atoms. The lowest BCUT2D eigenvalue weighted by Crippen LogP contribution is -2.45. The largest absolute Gasteiger partial charge is 0.450 e. The maximum atomic E-state index is 11.7. The Bertz CT molecular complexity index is 450. The summed E-state index contributed by atoms with van der Waals surface area (Å²) in [5.74, 6) is 0. The second-order valence-corrected chi connectivity index (χ2v) is 5.76. The second-order valence-electron chi connectivity index (χ2n) is 5.76. The summed E-state index contributed by atoms with van der Waals surface area (Å²) in [6.07, 6.45) is 1.78. The molecule has 1 atom stereocenters. The zero-order valence-corrected chi connectivity index (χ0v) is 13.3. The summed E-state index contributed by atoms with van der Waals surface area (Å²) in [5.41, 5.74) is 2.60. The molecule has 1 aromatic carbocycles. The number of hydrogen-bond acceptors (Lipinski definition) is 3. The third-order valence-corrected chi connectivity index (χ3v) is 4.08. The van der Waals surface area contributed by atoms with Crippen LogP contribution in [-0.2, 0) is 4.74 Å². The fourth-order valence-electron chi connectivity index (χ4n) is 2.75. The highest BCUT2D eigenvalue weighted by atomic mass is 16.6. The Labute approximate surface area is 127 Å². The molecule has 0 saturated carbocycles. The maximum absolute atomic E-state index is 11.7. The van der Waals surface area contributed by atoms with Crippen molar-refractivity contribution in [2.75, 3.05) is 19.7 Å². The van der Waals surface area contributed by atoms with Crippen molar-refractivity contribution < 1.29 is 9.53 Å². The van der Waals surface area contributed by atoms with E-state index in [2.05, 4.69) is 43.4 Å². The van der Waals surface area contributed by atoms with Crippen molar-refractivity contribution >= 4 is 6.09 Å². The molecule has 1 aliphatic heterocycles. The Morgan fingerprint density at radius 2 is 1.95 bits per heavy atom. The van der Waals surface area contributed by atoms with Gasteiger partial charge < -0.3 is 15.0 Å². The Balaban J connectivity index is 1.80. The van der Waals surface area contributed by atoms with Gasteiger partial charge in [-0.25, -0.2) is 4.79 Å². The summed E-state index contributed by atoms with van der Waals surface area (Å²) in [5, 5.41) is 3.67. The summed E-state index contributed by atoms with van der Waals surface area (Å²) < 4.78 is 5.04. The zero-order valence-electron chi connectivity index (χ0n) is 13.3. The zero-order chi connectivity index (χ0) is 15.2. The van der Waals surface area contributed by atoms with Crippen molar-refractivity contribution in [1.82, 2.24) is 10.2 Å². The van der Waals surface area contributed by atoms with Crippen LogP contribution in [-0.4, -0.2) is 36.7 Å². The number of likely N-dealkylation sites (tertiary alicyclic amines) is 1. The first-order chi connectivity index (χ1) is 10.1. The Hall–Kier alpha value is -1.55. The molecule has 1 unspecified atom stereocenters. The molecule has 4 nitrogen and oxygen atoms in total. The van der Waals surface area contributed by atoms with Gasteiger partial charge in [0.05, 0.1) is 6.61 Å². The number of aryl methyl sites for hydroxylation is 1. The van der Waals surface area contributed by atoms with Gasteiger partial charge in [-0.2, -0.15) is 0 Å². The fraction of sp³-hybridized carbons (Fsp3) is 0.588. The number of nitrogens with one attached hydrogen (secondary N) is 1. The van der Waals surface area contributed by atoms with Gasteiger partial charge in [0.25, 0.3) is 0 Å². The molecule has 0 radical (unpaired) electrons. The van der Waals surface area contributed by atoms with Crippen molar-refractivity contribution in [3.05, 3.63) is 35.4 Å². The summed E-state index contributed by atoms with van der Waals surface area (Å²) in [6, 6.07) is 9.46. The van der Waals surface area contributed by atoms with Gasteiger partial charge in [0.15, 0.2) is 0 Å². The van der Waals surface area contributed by atoms with Crippen LogP contribution in [0.25, 0.3) is 0 Å². The Morgan fingerprint density at radius 1 is 1.33 bits per heavy atom. The van der Waals surface area contributed by atoms with E-state index in [0.29, 0.717) is 18.7 Å². The number of nitrogens with zero attached hydrogens (tertiary/aromatic N) is 1. The quantitative estimate of drug-likeness (QED) is 0.925. The number of amides is 1. The highest BCUT2D eigenvalue weighted by Gasteiger charge is 2.24. The van der Waals surface area contributed by atoms with Crippen molar-refractivity contribution in [2.45, 2.75) is 45.7 Å². The minimum atomic E-state index is -0.178. The standard InChI is InChI=1S/C17H26N2O2/c1-4-21-17(20)19-11-9-16(10-12-19)18-14(3)15-7-5-13(2)6-8-15/h5-8,14,16,18H,4,9-12H2,1-3H3. The lowest BCUT2D eigenvalue weighted by Gasteiger charge is -2.33. The molecule has 1 fully saturated rings. The van der Waals surface area contributed by atoms with Crippen molar-refractivity contribution in [3.8, 4) is 0 Å². The molecule has 0 aromatic heterocycles. The van der Waals surface area contributed by atoms with Crippen LogP contribution in [0.15, 0.2) is 24.3 Å². The van der Waals surface area contributed by atoms with Gasteiger partial charge in [-0.15, -0.1) is 0 Å². The van der Waals surface area contributed by atoms with E-state index in [1.807, 2.05) is 6.92 Å². The predicted molar refractivity (Wildman–Crippen MR) is 84.3 cm³/mol. The van der Waals surface area contributed by atoms with Gasteiger partial charge >= 0.3 is 6.09 Å². The molecule has 4 heteroatoms. The topological polar surface area (TPSA) is 41.6 Å². The molecule has 0 bridgehead atoms. The summed E-state index contributed by atoms with van der Waals surface area (Å²) in [4.78, 5) is 13.5. The first-order valence-electron chi connectivity index (χ1n) is 7.84. The molecular formula is C17H26N2O2. The van der Waals surface area contributed by atoms with E-state index in [4.69, 9.17) is 4.74 Å². The monoisotopic (exact) mass is 290 g/mol. The number of hydrogen-bond donors (Lipinski definition) is 1. The van der Waals surface area contributed by atoms with Gasteiger partial charge in [0, 0.05) is 25.2 Å². The molecule has 1 N–H and O–H groups in total. The minimum Gasteiger partial charge on any atom is -0.450 e. The molecule has 0 aliphatic carbocycles. The smallest absolute Gasteiger partial charge is 0.409 e. The van der Waals surface area contributed by atoms with Crippen molar-refractivity contribution in [2.24, 2.45) is 0 Å². The number of ether oxygens (including phenoxy) is 1. The van der Waals surface area contributed by atoms with E-state index in [0.717, 1.165) is 25.9 Å². The molecule has 116 valence electrons. The van der Waals surface area contributed by atoms with Gasteiger partial charge in [-0.1, -0.05) is 29.8 Å². The Kier molecular flexibility index (Phi) is 5.62. The van der Waals surface area contributed by atoms with Crippen LogP contribution in [0.2, 0.25) is 0 Å². The molecular weight excluding hydrogens is 264 g/mol. The second kappa shape index (κ2) is 7.46. The van der Waals surface area contributed by atoms with Crippen LogP contribution in [0.5, 0.6) is 0 Å². The normalized spacial score (nSPS) is 17.6. The predicted octanol–water partition coefficient (Wildman–Crippen LogP) is 3.27. The number of piperidine rings is 1. The van der Waals surface area contributed by atoms with Crippen LogP contribution in [0.1, 0.15) is 43.9 Å². The lowest BCUT2D eigenvalue weighted by molar-refractivity contribution is 0.0944. The number of carbonyl (C=O) groups excluding carboxylic acids is 1. The molecule has 1 amide bonds. The van der Waals surface area contributed by atoms with Crippen molar-refractivity contribution in [1.29, 1.82) is 0 Å². The molecule has 1 heterocycles. The van der Waals surface area contributed by atoms with Gasteiger partial charge in [-0.05, 0) is 39.2 Å². The van der Waals surface area contributed by atoms with E-state index in [9.17, 15) is 4.79 Å². The molecule has 1 saturated heterocycles. The highest BCUT2D eigenvalue weighted by Crippen LogP contribution is 2.18. The number of carbonyl (C=O) groups is 1. The SMILES string of the molecule is CCOC(=O)N1CCC(NC(C)c2ccc(C)cc2)CC1. The molecule has 1 aromatic rings. The third-order valence-electron chi connectivity index (χ3n) is 4.08. The van der Waals surface area contributed by atoms with E-state index in [-0.39, 0.29) is 6.09 Å². The fourth-order valence-corrected chi connectivity index (χ4v) is 2.75. The molecule has 2 rings (SSSR count). The van der Waals surface area contributed by atoms with E-state index in [1.165, 1.54) is 11.1 Å². The van der Waals surface area contributed by atoms with E-state index in [1.54, 1.807) is 4.90 Å². The van der Waals surface area contributed by atoms with Gasteiger partial charge in [-0.3, -0.25) is 0 Å². The number of benzene rings is 1. The third kappa shape index (κ3) is 4.46. The van der Waals surface area contributed by atoms with E-state index >= 15 is 0 Å². The van der Waals surface area contributed by atoms with Gasteiger partial charge in [0.2, 0.25) is 0 Å². The molecule has 1 aliphatic rings. The minimum absolute atomic E-state index is 0.178. The maximum Gasteiger partial charge on any atom is 0.409 e. The van der Waals surface area contributed by atoms with Crippen LogP contribution in [0.3, 0.4) is 0 Å². The van der Waals surface area contributed by atoms with Crippen LogP contribution in [0, 0.1) is 6.92 Å². The Morgan fingerprint density at radius 3 is 2.52 bits per heavy atom. The van der Waals surface area contributed by atoms with Crippen LogP contribution < -0.4 is 5.32 Å². The van der Waals surface area contributed by atoms with Crippen LogP contribution in [0.4, 0.5) is 4.79 Å². The first kappa shape index (κ1) is 15.8. The summed E-state index contributed by atoms with van der Waals surface area (Å²) in [6.45, 7) is 8.14. The average Bonchev–Trinajstić information content (AvgIpc) is 2.49. The van der Waals surface area contributed by atoms with E-state index < -0.39 is 0 Å². The molecule has 21 heavy (non-hydrogen) atoms. The van der Waals surface area contributed by atoms with Gasteiger partial charge in [0.1, 0.15) is 0 Å². The average molecular weight is 290 g/mol. The highest BCUT2D eigenvalue weighted by molar-refractivity contribution is 5.67. The lowest BCUT2D eigenvalue weighted by atomic mass is 10.0. The summed E-state index contributed by atoms with van der Waals surface area (Å²) in [7, 11) is 0. The first-order valence-corrected chi connectivity index (χ1v) is 7.84. The number of rotatable bonds is 4.